The van der Waals surface area contributed by atoms with Crippen LogP contribution in [0.25, 0.3) is 10.6 Å². The summed E-state index contributed by atoms with van der Waals surface area (Å²) in [6.07, 6.45) is 1.49. The maximum absolute atomic E-state index is 5.32. The largest absolute Gasteiger partial charge is 0.442 e. The third kappa shape index (κ3) is 1.64. The molecule has 3 nitrogen and oxygen atoms in total. The quantitative estimate of drug-likeness (QED) is 0.813. The van der Waals surface area contributed by atoms with Gasteiger partial charge in [-0.3, -0.25) is 0 Å². The molecule has 2 heterocycles. The highest BCUT2D eigenvalue weighted by molar-refractivity contribution is 7.13. The van der Waals surface area contributed by atoms with Gasteiger partial charge >= 0.3 is 0 Å². The van der Waals surface area contributed by atoms with Crippen LogP contribution in [-0.2, 0) is 6.54 Å². The zero-order valence-electron chi connectivity index (χ0n) is 7.28. The van der Waals surface area contributed by atoms with Crippen LogP contribution in [0.1, 0.15) is 5.69 Å². The number of nitrogens with one attached hydrogen (secondary N) is 1. The summed E-state index contributed by atoms with van der Waals surface area (Å²) in [4.78, 5) is 5.27. The van der Waals surface area contributed by atoms with Gasteiger partial charge in [0.15, 0.2) is 12.2 Å². The Morgan fingerprint density at radius 2 is 2.54 bits per heavy atom. The molecule has 2 aromatic rings. The molecule has 2 rings (SSSR count). The molecule has 0 aromatic carbocycles. The number of aromatic nitrogens is 1. The van der Waals surface area contributed by atoms with Crippen LogP contribution in [0.3, 0.4) is 0 Å². The molecule has 68 valence electrons. The van der Waals surface area contributed by atoms with Gasteiger partial charge in [0.1, 0.15) is 5.69 Å². The fraction of sp³-hybridized carbons (Fsp3) is 0.222. The molecule has 0 amide bonds. The summed E-state index contributed by atoms with van der Waals surface area (Å²) in [7, 11) is 1.90. The minimum atomic E-state index is 0.740. The third-order valence-electron chi connectivity index (χ3n) is 1.73. The van der Waals surface area contributed by atoms with E-state index in [1.807, 2.05) is 24.6 Å². The lowest BCUT2D eigenvalue weighted by atomic mass is 10.3. The van der Waals surface area contributed by atoms with E-state index in [-0.39, 0.29) is 0 Å². The smallest absolute Gasteiger partial charge is 0.181 e. The van der Waals surface area contributed by atoms with Crippen molar-refractivity contribution >= 4 is 11.3 Å². The van der Waals surface area contributed by atoms with Gasteiger partial charge in [-0.15, -0.1) is 11.3 Å². The van der Waals surface area contributed by atoms with Crippen LogP contribution in [0.4, 0.5) is 0 Å². The Morgan fingerprint density at radius 1 is 1.62 bits per heavy atom. The molecule has 1 N–H and O–H groups in total. The van der Waals surface area contributed by atoms with Crippen LogP contribution in [0.2, 0.25) is 0 Å². The van der Waals surface area contributed by atoms with E-state index in [2.05, 4.69) is 10.3 Å². The average molecular weight is 194 g/mol. The topological polar surface area (TPSA) is 38.1 Å². The van der Waals surface area contributed by atoms with Crippen molar-refractivity contribution in [2.24, 2.45) is 0 Å². The highest BCUT2D eigenvalue weighted by Crippen LogP contribution is 2.27. The maximum atomic E-state index is 5.32. The van der Waals surface area contributed by atoms with Crippen LogP contribution in [0, 0.1) is 0 Å². The monoisotopic (exact) mass is 194 g/mol. The fourth-order valence-electron chi connectivity index (χ4n) is 1.17. The lowest BCUT2D eigenvalue weighted by molar-refractivity contribution is 0.571. The summed E-state index contributed by atoms with van der Waals surface area (Å²) in [5, 5.41) is 5.08. The Hall–Kier alpha value is -1.13. The van der Waals surface area contributed by atoms with Crippen LogP contribution in [-0.4, -0.2) is 12.0 Å². The van der Waals surface area contributed by atoms with Crippen molar-refractivity contribution in [3.8, 4) is 10.6 Å². The molecule has 2 aromatic heterocycles. The molecule has 0 aliphatic heterocycles. The molecule has 0 atom stereocenters. The van der Waals surface area contributed by atoms with Gasteiger partial charge in [0.25, 0.3) is 0 Å². The van der Waals surface area contributed by atoms with Crippen molar-refractivity contribution in [3.05, 3.63) is 29.6 Å². The summed E-state index contributed by atoms with van der Waals surface area (Å²) >= 11 is 1.66. The first kappa shape index (κ1) is 8.47. The summed E-state index contributed by atoms with van der Waals surface area (Å²) in [6, 6.07) is 4.04. The Bertz CT molecular complexity index is 367. The lowest BCUT2D eigenvalue weighted by Crippen LogP contribution is -2.05. The molecule has 0 radical (unpaired) electrons. The van der Waals surface area contributed by atoms with E-state index < -0.39 is 0 Å². The second kappa shape index (κ2) is 3.72. The van der Waals surface area contributed by atoms with Gasteiger partial charge < -0.3 is 9.73 Å². The zero-order valence-corrected chi connectivity index (χ0v) is 8.10. The van der Waals surface area contributed by atoms with E-state index in [0.717, 1.165) is 22.9 Å². The van der Waals surface area contributed by atoms with Crippen molar-refractivity contribution < 1.29 is 4.42 Å². The Morgan fingerprint density at radius 3 is 3.23 bits per heavy atom. The Balaban J connectivity index is 2.35. The van der Waals surface area contributed by atoms with E-state index >= 15 is 0 Å². The van der Waals surface area contributed by atoms with Crippen molar-refractivity contribution in [1.29, 1.82) is 0 Å². The van der Waals surface area contributed by atoms with E-state index in [9.17, 15) is 0 Å². The van der Waals surface area contributed by atoms with Gasteiger partial charge in [-0.2, -0.15) is 0 Å². The molecular formula is C9H10N2OS. The van der Waals surface area contributed by atoms with E-state index in [1.54, 1.807) is 11.3 Å². The Labute approximate surface area is 80.4 Å². The molecule has 0 bridgehead atoms. The zero-order chi connectivity index (χ0) is 9.10. The fourth-order valence-corrected chi connectivity index (χ4v) is 1.90. The second-order valence-corrected chi connectivity index (χ2v) is 3.58. The number of hydrogen-bond donors (Lipinski definition) is 1. The predicted molar refractivity (Wildman–Crippen MR) is 52.6 cm³/mol. The van der Waals surface area contributed by atoms with Crippen molar-refractivity contribution in [1.82, 2.24) is 10.3 Å². The number of hydrogen-bond acceptors (Lipinski definition) is 4. The van der Waals surface area contributed by atoms with Gasteiger partial charge in [0.2, 0.25) is 0 Å². The summed E-state index contributed by atoms with van der Waals surface area (Å²) in [6.45, 7) is 0.740. The van der Waals surface area contributed by atoms with Crippen molar-refractivity contribution in [2.45, 2.75) is 6.54 Å². The molecule has 0 aliphatic carbocycles. The van der Waals surface area contributed by atoms with E-state index in [1.165, 1.54) is 6.39 Å². The molecule has 0 spiro atoms. The number of thiophene rings is 1. The number of oxazole rings is 1. The molecule has 0 aliphatic rings. The van der Waals surface area contributed by atoms with Gasteiger partial charge in [-0.25, -0.2) is 4.98 Å². The van der Waals surface area contributed by atoms with Gasteiger partial charge in [-0.05, 0) is 18.5 Å². The highest BCUT2D eigenvalue weighted by Gasteiger charge is 2.09. The van der Waals surface area contributed by atoms with Gasteiger partial charge in [-0.1, -0.05) is 6.07 Å². The molecule has 0 unspecified atom stereocenters. The van der Waals surface area contributed by atoms with Crippen LogP contribution >= 0.6 is 11.3 Å². The average Bonchev–Trinajstić information content (AvgIpc) is 2.71. The first-order valence-electron chi connectivity index (χ1n) is 4.02. The predicted octanol–water partition coefficient (Wildman–Crippen LogP) is 2.12. The molecular weight excluding hydrogens is 184 g/mol. The summed E-state index contributed by atoms with van der Waals surface area (Å²) in [5.74, 6) is 0.879. The van der Waals surface area contributed by atoms with Crippen LogP contribution in [0.15, 0.2) is 28.3 Å². The molecule has 0 fully saturated rings. The van der Waals surface area contributed by atoms with Gasteiger partial charge in [0, 0.05) is 6.54 Å². The van der Waals surface area contributed by atoms with Crippen LogP contribution < -0.4 is 5.32 Å². The Kier molecular flexibility index (Phi) is 2.42. The molecule has 0 saturated heterocycles. The minimum Gasteiger partial charge on any atom is -0.442 e. The molecule has 4 heteroatoms. The SMILES string of the molecule is CNCc1ncoc1-c1cccs1. The molecule has 13 heavy (non-hydrogen) atoms. The number of nitrogens with zero attached hydrogens (tertiary/aromatic N) is 1. The highest BCUT2D eigenvalue weighted by atomic mass is 32.1. The third-order valence-corrected chi connectivity index (χ3v) is 2.60. The van der Waals surface area contributed by atoms with E-state index in [0.29, 0.717) is 0 Å². The first-order chi connectivity index (χ1) is 6.42. The standard InChI is InChI=1S/C9H10N2OS/c1-10-5-7-9(12-6-11-7)8-3-2-4-13-8/h2-4,6,10H,5H2,1H3. The van der Waals surface area contributed by atoms with Crippen LogP contribution in [0.5, 0.6) is 0 Å². The normalized spacial score (nSPS) is 10.5. The van der Waals surface area contributed by atoms with E-state index in [4.69, 9.17) is 4.42 Å². The molecule has 0 saturated carbocycles. The summed E-state index contributed by atoms with van der Waals surface area (Å²) in [5.41, 5.74) is 0.963. The lowest BCUT2D eigenvalue weighted by Gasteiger charge is -1.96. The van der Waals surface area contributed by atoms with Gasteiger partial charge in [0.05, 0.1) is 4.88 Å². The summed E-state index contributed by atoms with van der Waals surface area (Å²) < 4.78 is 5.32. The first-order valence-corrected chi connectivity index (χ1v) is 4.90. The number of rotatable bonds is 3. The van der Waals surface area contributed by atoms with Crippen molar-refractivity contribution in [2.75, 3.05) is 7.05 Å². The second-order valence-electron chi connectivity index (χ2n) is 2.64. The minimum absolute atomic E-state index is 0.740. The van der Waals surface area contributed by atoms with Crippen molar-refractivity contribution in [3.63, 3.8) is 0 Å². The maximum Gasteiger partial charge on any atom is 0.181 e.